The van der Waals surface area contributed by atoms with Gasteiger partial charge in [-0.2, -0.15) is 5.10 Å². The van der Waals surface area contributed by atoms with E-state index in [9.17, 15) is 4.79 Å². The van der Waals surface area contributed by atoms with E-state index in [1.807, 2.05) is 12.1 Å². The fourth-order valence-corrected chi connectivity index (χ4v) is 2.04. The van der Waals surface area contributed by atoms with Crippen LogP contribution in [0.25, 0.3) is 0 Å². The van der Waals surface area contributed by atoms with Crippen LogP contribution in [0.5, 0.6) is 5.75 Å². The number of hydrogen-bond acceptors (Lipinski definition) is 4. The van der Waals surface area contributed by atoms with Gasteiger partial charge in [-0.25, -0.2) is 4.98 Å². The van der Waals surface area contributed by atoms with E-state index >= 15 is 0 Å². The highest BCUT2D eigenvalue weighted by atomic mass is 79.9. The average molecular weight is 339 g/mol. The monoisotopic (exact) mass is 338 g/mol. The number of aromatic nitrogens is 3. The molecular formula is C13H15BrN4O2. The SMILES string of the molecule is COc1ccc(Br)c(NC(=O)CCCn2cncn2)c1. The lowest BCUT2D eigenvalue weighted by molar-refractivity contribution is -0.116. The van der Waals surface area contributed by atoms with E-state index in [1.54, 1.807) is 24.2 Å². The second-order valence-electron chi connectivity index (χ2n) is 4.16. The number of hydrogen-bond donors (Lipinski definition) is 1. The zero-order chi connectivity index (χ0) is 14.4. The van der Waals surface area contributed by atoms with Gasteiger partial charge in [0.1, 0.15) is 18.4 Å². The van der Waals surface area contributed by atoms with Crippen molar-refractivity contribution >= 4 is 27.5 Å². The number of nitrogens with one attached hydrogen (secondary N) is 1. The minimum Gasteiger partial charge on any atom is -0.497 e. The van der Waals surface area contributed by atoms with Gasteiger partial charge >= 0.3 is 0 Å². The van der Waals surface area contributed by atoms with Crippen LogP contribution in [0.3, 0.4) is 0 Å². The molecule has 7 heteroatoms. The van der Waals surface area contributed by atoms with Crippen LogP contribution in [-0.2, 0) is 11.3 Å². The number of ether oxygens (including phenoxy) is 1. The molecule has 1 heterocycles. The van der Waals surface area contributed by atoms with Crippen LogP contribution in [0, 0.1) is 0 Å². The van der Waals surface area contributed by atoms with Gasteiger partial charge < -0.3 is 10.1 Å². The van der Waals surface area contributed by atoms with Gasteiger partial charge in [0, 0.05) is 23.5 Å². The third-order valence-corrected chi connectivity index (χ3v) is 3.40. The summed E-state index contributed by atoms with van der Waals surface area (Å²) >= 11 is 3.40. The molecular weight excluding hydrogens is 324 g/mol. The van der Waals surface area contributed by atoms with Crippen LogP contribution in [0.4, 0.5) is 5.69 Å². The normalized spacial score (nSPS) is 10.3. The molecule has 106 valence electrons. The molecule has 0 saturated heterocycles. The predicted octanol–water partition coefficient (Wildman–Crippen LogP) is 2.47. The first kappa shape index (κ1) is 14.5. The van der Waals surface area contributed by atoms with Gasteiger partial charge in [0.2, 0.25) is 5.91 Å². The van der Waals surface area contributed by atoms with Gasteiger partial charge in [0.25, 0.3) is 0 Å². The van der Waals surface area contributed by atoms with Crippen molar-refractivity contribution in [2.45, 2.75) is 19.4 Å². The number of benzene rings is 1. The molecule has 6 nitrogen and oxygen atoms in total. The Morgan fingerprint density at radius 3 is 3.05 bits per heavy atom. The van der Waals surface area contributed by atoms with E-state index in [0.717, 1.165) is 4.47 Å². The minimum atomic E-state index is -0.0425. The number of anilines is 1. The van der Waals surface area contributed by atoms with Crippen molar-refractivity contribution in [1.29, 1.82) is 0 Å². The Bertz CT molecular complexity index is 572. The fourth-order valence-electron chi connectivity index (χ4n) is 1.69. The molecule has 1 amide bonds. The van der Waals surface area contributed by atoms with Crippen molar-refractivity contribution in [1.82, 2.24) is 14.8 Å². The molecule has 0 saturated carbocycles. The molecule has 1 N–H and O–H groups in total. The molecule has 0 atom stereocenters. The molecule has 0 spiro atoms. The molecule has 0 unspecified atom stereocenters. The predicted molar refractivity (Wildman–Crippen MR) is 78.6 cm³/mol. The van der Waals surface area contributed by atoms with Crippen LogP contribution in [0.15, 0.2) is 35.3 Å². The molecule has 0 aliphatic rings. The number of amides is 1. The van der Waals surface area contributed by atoms with Crippen molar-refractivity contribution < 1.29 is 9.53 Å². The van der Waals surface area contributed by atoms with Crippen LogP contribution in [0.2, 0.25) is 0 Å². The Morgan fingerprint density at radius 1 is 1.50 bits per heavy atom. The van der Waals surface area contributed by atoms with Gasteiger partial charge in [0.05, 0.1) is 12.8 Å². The van der Waals surface area contributed by atoms with E-state index in [2.05, 4.69) is 31.3 Å². The fraction of sp³-hybridized carbons (Fsp3) is 0.308. The molecule has 1 aromatic carbocycles. The van der Waals surface area contributed by atoms with E-state index in [4.69, 9.17) is 4.74 Å². The molecule has 0 bridgehead atoms. The van der Waals surface area contributed by atoms with E-state index in [1.165, 1.54) is 6.33 Å². The first-order chi connectivity index (χ1) is 9.69. The van der Waals surface area contributed by atoms with Crippen LogP contribution in [-0.4, -0.2) is 27.8 Å². The van der Waals surface area contributed by atoms with Crippen LogP contribution >= 0.6 is 15.9 Å². The highest BCUT2D eigenvalue weighted by Crippen LogP contribution is 2.27. The Hall–Kier alpha value is -1.89. The summed E-state index contributed by atoms with van der Waals surface area (Å²) in [6, 6.07) is 5.44. The zero-order valence-corrected chi connectivity index (χ0v) is 12.6. The number of carbonyl (C=O) groups excluding carboxylic acids is 1. The molecule has 2 aromatic rings. The van der Waals surface area contributed by atoms with Crippen molar-refractivity contribution in [3.63, 3.8) is 0 Å². The maximum atomic E-state index is 11.9. The van der Waals surface area contributed by atoms with E-state index in [0.29, 0.717) is 30.8 Å². The lowest BCUT2D eigenvalue weighted by Crippen LogP contribution is -2.13. The largest absolute Gasteiger partial charge is 0.497 e. The zero-order valence-electron chi connectivity index (χ0n) is 11.0. The smallest absolute Gasteiger partial charge is 0.224 e. The van der Waals surface area contributed by atoms with Gasteiger partial charge in [-0.05, 0) is 34.5 Å². The molecule has 0 radical (unpaired) electrons. The molecule has 2 rings (SSSR count). The first-order valence-electron chi connectivity index (χ1n) is 6.15. The number of aryl methyl sites for hydroxylation is 1. The standard InChI is InChI=1S/C13H15BrN4O2/c1-20-10-4-5-11(14)12(7-10)17-13(19)3-2-6-18-9-15-8-16-18/h4-5,7-9H,2-3,6H2,1H3,(H,17,19). The van der Waals surface area contributed by atoms with Gasteiger partial charge in [-0.3, -0.25) is 9.48 Å². The Balaban J connectivity index is 1.84. The minimum absolute atomic E-state index is 0.0425. The van der Waals surface area contributed by atoms with Gasteiger partial charge in [0.15, 0.2) is 0 Å². The summed E-state index contributed by atoms with van der Waals surface area (Å²) in [6.07, 6.45) is 4.24. The highest BCUT2D eigenvalue weighted by Gasteiger charge is 2.07. The first-order valence-corrected chi connectivity index (χ1v) is 6.94. The topological polar surface area (TPSA) is 69.0 Å². The number of methoxy groups -OCH3 is 1. The Labute approximate surface area is 125 Å². The molecule has 0 aliphatic carbocycles. The molecule has 0 aliphatic heterocycles. The lowest BCUT2D eigenvalue weighted by atomic mass is 10.2. The maximum absolute atomic E-state index is 11.9. The summed E-state index contributed by atoms with van der Waals surface area (Å²) in [5, 5.41) is 6.84. The summed E-state index contributed by atoms with van der Waals surface area (Å²) < 4.78 is 7.66. The number of carbonyl (C=O) groups is 1. The van der Waals surface area contributed by atoms with Crippen molar-refractivity contribution in [3.05, 3.63) is 35.3 Å². The molecule has 20 heavy (non-hydrogen) atoms. The van der Waals surface area contributed by atoms with Crippen molar-refractivity contribution in [2.24, 2.45) is 0 Å². The van der Waals surface area contributed by atoms with Crippen molar-refractivity contribution in [2.75, 3.05) is 12.4 Å². The third-order valence-electron chi connectivity index (χ3n) is 2.71. The molecule has 1 aromatic heterocycles. The van der Waals surface area contributed by atoms with E-state index in [-0.39, 0.29) is 5.91 Å². The number of rotatable bonds is 6. The summed E-state index contributed by atoms with van der Waals surface area (Å²) in [4.78, 5) is 15.7. The summed E-state index contributed by atoms with van der Waals surface area (Å²) in [5.74, 6) is 0.658. The maximum Gasteiger partial charge on any atom is 0.224 e. The van der Waals surface area contributed by atoms with Crippen molar-refractivity contribution in [3.8, 4) is 5.75 Å². The highest BCUT2D eigenvalue weighted by molar-refractivity contribution is 9.10. The Morgan fingerprint density at radius 2 is 2.35 bits per heavy atom. The summed E-state index contributed by atoms with van der Waals surface area (Å²) in [6.45, 7) is 0.673. The third kappa shape index (κ3) is 4.06. The number of halogens is 1. The van der Waals surface area contributed by atoms with Crippen LogP contribution < -0.4 is 10.1 Å². The van der Waals surface area contributed by atoms with Crippen LogP contribution in [0.1, 0.15) is 12.8 Å². The average Bonchev–Trinajstić information content (AvgIpc) is 2.94. The van der Waals surface area contributed by atoms with E-state index < -0.39 is 0 Å². The Kier molecular flexibility index (Phi) is 5.11. The molecule has 0 fully saturated rings. The quantitative estimate of drug-likeness (QED) is 0.878. The number of nitrogens with zero attached hydrogens (tertiary/aromatic N) is 3. The summed E-state index contributed by atoms with van der Waals surface area (Å²) in [7, 11) is 1.59. The summed E-state index contributed by atoms with van der Waals surface area (Å²) in [5.41, 5.74) is 0.704. The second-order valence-corrected chi connectivity index (χ2v) is 5.01. The van der Waals surface area contributed by atoms with Gasteiger partial charge in [-0.15, -0.1) is 0 Å². The second kappa shape index (κ2) is 7.04. The lowest BCUT2D eigenvalue weighted by Gasteiger charge is -2.09. The van der Waals surface area contributed by atoms with Gasteiger partial charge in [-0.1, -0.05) is 0 Å².